The molecule has 11 heteroatoms. The van der Waals surface area contributed by atoms with Crippen LogP contribution in [0, 0.1) is 5.92 Å². The van der Waals surface area contributed by atoms with Crippen molar-refractivity contribution in [3.63, 3.8) is 0 Å². The molecule has 0 saturated carbocycles. The van der Waals surface area contributed by atoms with Crippen LogP contribution in [0.1, 0.15) is 30.0 Å². The first-order chi connectivity index (χ1) is 11.0. The van der Waals surface area contributed by atoms with Crippen molar-refractivity contribution >= 4 is 17.6 Å². The first kappa shape index (κ1) is 18.3. The Morgan fingerprint density at radius 3 is 2.46 bits per heavy atom. The van der Waals surface area contributed by atoms with Crippen molar-refractivity contribution in [2.24, 2.45) is 11.7 Å². The minimum atomic E-state index is -2.92. The van der Waals surface area contributed by atoms with E-state index in [1.54, 1.807) is 0 Å². The molecule has 1 saturated heterocycles. The van der Waals surface area contributed by atoms with Crippen LogP contribution in [0.25, 0.3) is 0 Å². The summed E-state index contributed by atoms with van der Waals surface area (Å²) in [5, 5.41) is 41.3. The van der Waals surface area contributed by atoms with Crippen LogP contribution in [-0.2, 0) is 15.3 Å². The molecule has 1 amide bonds. The van der Waals surface area contributed by atoms with Gasteiger partial charge in [-0.05, 0) is 0 Å². The van der Waals surface area contributed by atoms with Crippen molar-refractivity contribution in [3.05, 3.63) is 11.4 Å². The Balaban J connectivity index is 2.72. The number of aromatic amines is 1. The Kier molecular flexibility index (Phi) is 4.41. The number of Topliss-reactive ketones (excluding diaryl/α,β-unsaturated/α-hetero) is 1. The quantitative estimate of drug-likeness (QED) is 0.289. The Morgan fingerprint density at radius 2 is 2.00 bits per heavy atom. The molecule has 24 heavy (non-hydrogen) atoms. The van der Waals surface area contributed by atoms with Crippen molar-refractivity contribution in [2.75, 3.05) is 12.3 Å². The number of aromatic nitrogens is 2. The molecule has 0 aliphatic carbocycles. The number of nitrogen functional groups attached to an aromatic ring is 1. The van der Waals surface area contributed by atoms with E-state index in [2.05, 4.69) is 9.97 Å². The first-order valence-electron chi connectivity index (χ1n) is 7.12. The number of imidazole rings is 1. The van der Waals surface area contributed by atoms with E-state index in [9.17, 15) is 30.0 Å². The minimum absolute atomic E-state index is 0.336. The SMILES string of the molecule is CC(C)C(=O)[C@]1(O)[C@H](O)[C@@H](CO)O[C@@]1(O)c1[nH]c(N)nc1C(N)=O. The van der Waals surface area contributed by atoms with E-state index in [0.717, 1.165) is 0 Å². The number of hydrogen-bond acceptors (Lipinski definition) is 9. The highest BCUT2D eigenvalue weighted by atomic mass is 16.7. The molecular formula is C13H20N4O7. The molecule has 1 aliphatic rings. The van der Waals surface area contributed by atoms with Gasteiger partial charge in [-0.15, -0.1) is 0 Å². The summed E-state index contributed by atoms with van der Waals surface area (Å²) in [7, 11) is 0. The second-order valence-corrected chi connectivity index (χ2v) is 5.92. The predicted octanol–water partition coefficient (Wildman–Crippen LogP) is -3.06. The number of nitrogens with one attached hydrogen (secondary N) is 1. The zero-order chi connectivity index (χ0) is 18.4. The summed E-state index contributed by atoms with van der Waals surface area (Å²) in [6, 6.07) is 0. The third-order valence-electron chi connectivity index (χ3n) is 3.99. The first-order valence-corrected chi connectivity index (χ1v) is 7.12. The van der Waals surface area contributed by atoms with Crippen LogP contribution >= 0.6 is 0 Å². The summed E-state index contributed by atoms with van der Waals surface area (Å²) in [6.07, 6.45) is -3.49. The van der Waals surface area contributed by atoms with Gasteiger partial charge < -0.3 is 41.6 Å². The monoisotopic (exact) mass is 344 g/mol. The number of rotatable bonds is 5. The molecule has 1 fully saturated rings. The maximum Gasteiger partial charge on any atom is 0.269 e. The predicted molar refractivity (Wildman–Crippen MR) is 78.2 cm³/mol. The maximum absolute atomic E-state index is 12.5. The molecule has 1 aliphatic heterocycles. The number of carbonyl (C=O) groups is 2. The number of ketones is 1. The number of nitrogens with two attached hydrogens (primary N) is 2. The van der Waals surface area contributed by atoms with E-state index in [1.807, 2.05) is 0 Å². The van der Waals surface area contributed by atoms with Crippen molar-refractivity contribution in [1.29, 1.82) is 0 Å². The Bertz CT molecular complexity index is 675. The molecule has 1 aromatic heterocycles. The van der Waals surface area contributed by atoms with Crippen molar-refractivity contribution in [2.45, 2.75) is 37.4 Å². The van der Waals surface area contributed by atoms with Crippen LogP contribution in [0.2, 0.25) is 0 Å². The molecule has 134 valence electrons. The summed E-state index contributed by atoms with van der Waals surface area (Å²) in [5.41, 5.74) is 6.56. The Labute approximate surface area is 136 Å². The number of primary amides is 1. The Hall–Kier alpha value is -2.05. The fourth-order valence-electron chi connectivity index (χ4n) is 2.80. The van der Waals surface area contributed by atoms with Gasteiger partial charge in [0.2, 0.25) is 5.60 Å². The van der Waals surface area contributed by atoms with Gasteiger partial charge in [0.15, 0.2) is 17.4 Å². The summed E-state index contributed by atoms with van der Waals surface area (Å²) in [4.78, 5) is 29.9. The summed E-state index contributed by atoms with van der Waals surface area (Å²) >= 11 is 0. The number of aliphatic hydroxyl groups is 4. The lowest BCUT2D eigenvalue weighted by Crippen LogP contribution is -2.62. The zero-order valence-corrected chi connectivity index (χ0v) is 13.1. The number of ether oxygens (including phenoxy) is 1. The number of hydrogen-bond donors (Lipinski definition) is 7. The fourth-order valence-corrected chi connectivity index (χ4v) is 2.80. The lowest BCUT2D eigenvalue weighted by Gasteiger charge is -2.36. The molecule has 0 spiro atoms. The van der Waals surface area contributed by atoms with Gasteiger partial charge in [-0.25, -0.2) is 4.98 Å². The van der Waals surface area contributed by atoms with Crippen LogP contribution in [0.4, 0.5) is 5.95 Å². The van der Waals surface area contributed by atoms with E-state index < -0.39 is 59.2 Å². The van der Waals surface area contributed by atoms with Gasteiger partial charge in [0.1, 0.15) is 17.9 Å². The van der Waals surface area contributed by atoms with Gasteiger partial charge in [0, 0.05) is 5.92 Å². The second-order valence-electron chi connectivity index (χ2n) is 5.92. The largest absolute Gasteiger partial charge is 0.394 e. The summed E-state index contributed by atoms with van der Waals surface area (Å²) in [6.45, 7) is 2.04. The molecular weight excluding hydrogens is 324 g/mol. The van der Waals surface area contributed by atoms with Crippen molar-refractivity contribution in [3.8, 4) is 0 Å². The van der Waals surface area contributed by atoms with Crippen molar-refractivity contribution in [1.82, 2.24) is 9.97 Å². The van der Waals surface area contributed by atoms with E-state index in [4.69, 9.17) is 16.2 Å². The normalized spacial score (nSPS) is 33.1. The highest BCUT2D eigenvalue weighted by molar-refractivity contribution is 5.95. The molecule has 0 unspecified atom stereocenters. The molecule has 0 aromatic carbocycles. The van der Waals surface area contributed by atoms with Crippen LogP contribution in [0.5, 0.6) is 0 Å². The number of nitrogens with zero attached hydrogens (tertiary/aromatic N) is 1. The smallest absolute Gasteiger partial charge is 0.269 e. The zero-order valence-electron chi connectivity index (χ0n) is 13.1. The molecule has 4 atom stereocenters. The molecule has 0 bridgehead atoms. The number of H-pyrrole nitrogens is 1. The molecule has 0 radical (unpaired) electrons. The minimum Gasteiger partial charge on any atom is -0.394 e. The number of anilines is 1. The number of aliphatic hydroxyl groups excluding tert-OH is 2. The fraction of sp³-hybridized carbons (Fsp3) is 0.615. The maximum atomic E-state index is 12.5. The highest BCUT2D eigenvalue weighted by Gasteiger charge is 2.71. The van der Waals surface area contributed by atoms with Gasteiger partial charge in [-0.2, -0.15) is 0 Å². The lowest BCUT2D eigenvalue weighted by molar-refractivity contribution is -0.272. The number of amides is 1. The van der Waals surface area contributed by atoms with Gasteiger partial charge >= 0.3 is 0 Å². The molecule has 2 rings (SSSR count). The van der Waals surface area contributed by atoms with Crippen LogP contribution in [-0.4, -0.2) is 66.5 Å². The molecule has 9 N–H and O–H groups in total. The number of carbonyl (C=O) groups excluding carboxylic acids is 2. The molecule has 1 aromatic rings. The van der Waals surface area contributed by atoms with E-state index in [-0.39, 0.29) is 5.95 Å². The second kappa shape index (κ2) is 5.79. The topological polar surface area (TPSA) is 205 Å². The van der Waals surface area contributed by atoms with E-state index >= 15 is 0 Å². The average Bonchev–Trinajstić information content (AvgIpc) is 3.00. The van der Waals surface area contributed by atoms with Crippen LogP contribution < -0.4 is 11.5 Å². The highest BCUT2D eigenvalue weighted by Crippen LogP contribution is 2.47. The van der Waals surface area contributed by atoms with E-state index in [1.165, 1.54) is 13.8 Å². The average molecular weight is 344 g/mol. The van der Waals surface area contributed by atoms with Gasteiger partial charge in [0.05, 0.1) is 6.61 Å². The molecule has 2 heterocycles. The van der Waals surface area contributed by atoms with Gasteiger partial charge in [0.25, 0.3) is 11.7 Å². The third kappa shape index (κ3) is 2.29. The van der Waals surface area contributed by atoms with Crippen molar-refractivity contribution < 1.29 is 34.8 Å². The van der Waals surface area contributed by atoms with Gasteiger partial charge in [-0.3, -0.25) is 9.59 Å². The van der Waals surface area contributed by atoms with Crippen LogP contribution in [0.15, 0.2) is 0 Å². The Morgan fingerprint density at radius 1 is 1.42 bits per heavy atom. The molecule has 11 nitrogen and oxygen atoms in total. The standard InChI is InChI=1S/C13H20N4O7/c1-4(2)8(19)12(22)9(20)5(3-18)24-13(12,23)7-6(10(14)21)16-11(15)17-7/h4-5,9,18,20,22-23H,3H2,1-2H3,(H2,14,21)(H3,15,16,17)/t5-,9-,12+,13+/m1/s1. The lowest BCUT2D eigenvalue weighted by atomic mass is 9.78. The summed E-state index contributed by atoms with van der Waals surface area (Å²) in [5.74, 6) is -6.17. The third-order valence-corrected chi connectivity index (χ3v) is 3.99. The summed E-state index contributed by atoms with van der Waals surface area (Å²) < 4.78 is 5.14. The van der Waals surface area contributed by atoms with Crippen LogP contribution in [0.3, 0.4) is 0 Å². The van der Waals surface area contributed by atoms with Gasteiger partial charge in [-0.1, -0.05) is 13.8 Å². The van der Waals surface area contributed by atoms with E-state index in [0.29, 0.717) is 0 Å².